The number of aromatic amines is 1. The summed E-state index contributed by atoms with van der Waals surface area (Å²) in [6.07, 6.45) is 2.16. The minimum Gasteiger partial charge on any atom is -0.308 e. The molecular weight excluding hydrogens is 415 g/mol. The van der Waals surface area contributed by atoms with Gasteiger partial charge in [0.05, 0.1) is 23.3 Å². The van der Waals surface area contributed by atoms with Gasteiger partial charge >= 0.3 is 0 Å². The number of aromatic nitrogens is 3. The summed E-state index contributed by atoms with van der Waals surface area (Å²) in [6.45, 7) is 2.51. The Bertz CT molecular complexity index is 1070. The van der Waals surface area contributed by atoms with Crippen LogP contribution in [0.1, 0.15) is 11.3 Å². The van der Waals surface area contributed by atoms with E-state index in [0.29, 0.717) is 18.8 Å². The maximum Gasteiger partial charge on any atom is 0.243 e. The Labute approximate surface area is 184 Å². The summed E-state index contributed by atoms with van der Waals surface area (Å²) in [5.41, 5.74) is 5.34. The molecule has 1 unspecified atom stereocenters. The lowest BCUT2D eigenvalue weighted by Gasteiger charge is -2.19. The van der Waals surface area contributed by atoms with Crippen molar-refractivity contribution in [2.75, 3.05) is 17.6 Å². The van der Waals surface area contributed by atoms with Gasteiger partial charge in [0.15, 0.2) is 5.82 Å². The number of aryl methyl sites for hydroxylation is 1. The van der Waals surface area contributed by atoms with Gasteiger partial charge in [-0.25, -0.2) is 4.39 Å². The number of anilines is 1. The van der Waals surface area contributed by atoms with E-state index < -0.39 is 6.04 Å². The van der Waals surface area contributed by atoms with Crippen molar-refractivity contribution in [3.63, 3.8) is 0 Å². The van der Waals surface area contributed by atoms with E-state index in [1.165, 1.54) is 12.1 Å². The molecule has 0 radical (unpaired) electrons. The Morgan fingerprint density at radius 3 is 2.87 bits per heavy atom. The molecule has 0 fully saturated rings. The summed E-state index contributed by atoms with van der Waals surface area (Å²) in [5.74, 6) is 0.828. The van der Waals surface area contributed by atoms with Gasteiger partial charge < -0.3 is 10.6 Å². The maximum absolute atomic E-state index is 13.3. The van der Waals surface area contributed by atoms with E-state index in [9.17, 15) is 9.18 Å². The molecule has 0 spiro atoms. The van der Waals surface area contributed by atoms with Gasteiger partial charge in [0.1, 0.15) is 5.82 Å². The second kappa shape index (κ2) is 9.84. The van der Waals surface area contributed by atoms with Crippen LogP contribution in [-0.2, 0) is 11.2 Å². The number of rotatable bonds is 8. The number of carbonyl (C=O) groups excluding carboxylic acids is 1. The molecule has 1 aliphatic heterocycles. The fourth-order valence-electron chi connectivity index (χ4n) is 3.29. The number of halogens is 1. The molecule has 3 N–H and O–H groups in total. The number of nitrogens with zero attached hydrogens (tertiary/aromatic N) is 3. The standard InChI is InChI=1S/C22H23FN6OS/c1-14-8-16(6-7-24-14)19-10-21(29-28-19)27-22(30)20(25-11-18-12-31-13-26-18)9-15-2-4-17(23)5-3-15/h2-8,10,13,18,20,25H,9,11-12H2,1H3,(H2,27,28,29,30)/t18?,20-/m0/s1. The van der Waals surface area contributed by atoms with Crippen LogP contribution in [0.2, 0.25) is 0 Å². The first-order valence-electron chi connectivity index (χ1n) is 9.97. The molecule has 0 saturated carbocycles. The van der Waals surface area contributed by atoms with E-state index in [0.717, 1.165) is 28.3 Å². The number of H-pyrrole nitrogens is 1. The molecule has 1 amide bonds. The molecule has 0 bridgehead atoms. The molecule has 2 aromatic heterocycles. The van der Waals surface area contributed by atoms with Crippen LogP contribution in [0.15, 0.2) is 53.7 Å². The lowest BCUT2D eigenvalue weighted by molar-refractivity contribution is -0.118. The average Bonchev–Trinajstić information content (AvgIpc) is 3.44. The van der Waals surface area contributed by atoms with Crippen molar-refractivity contribution in [3.05, 3.63) is 65.7 Å². The smallest absolute Gasteiger partial charge is 0.243 e. The third-order valence-corrected chi connectivity index (χ3v) is 5.79. The van der Waals surface area contributed by atoms with E-state index in [-0.39, 0.29) is 17.8 Å². The second-order valence-corrected chi connectivity index (χ2v) is 8.25. The summed E-state index contributed by atoms with van der Waals surface area (Å²) in [6, 6.07) is 11.4. The van der Waals surface area contributed by atoms with Crippen molar-refractivity contribution in [2.45, 2.75) is 25.4 Å². The van der Waals surface area contributed by atoms with Crippen LogP contribution in [0.5, 0.6) is 0 Å². The van der Waals surface area contributed by atoms with Crippen LogP contribution < -0.4 is 10.6 Å². The fourth-order valence-corrected chi connectivity index (χ4v) is 4.06. The van der Waals surface area contributed by atoms with E-state index in [2.05, 4.69) is 30.8 Å². The molecule has 0 saturated heterocycles. The summed E-state index contributed by atoms with van der Waals surface area (Å²) in [5, 5.41) is 13.4. The van der Waals surface area contributed by atoms with Crippen LogP contribution in [-0.4, -0.2) is 51.0 Å². The van der Waals surface area contributed by atoms with Crippen LogP contribution >= 0.6 is 11.8 Å². The zero-order valence-electron chi connectivity index (χ0n) is 17.0. The van der Waals surface area contributed by atoms with Crippen molar-refractivity contribution >= 4 is 29.0 Å². The van der Waals surface area contributed by atoms with E-state index >= 15 is 0 Å². The largest absolute Gasteiger partial charge is 0.308 e. The lowest BCUT2D eigenvalue weighted by Crippen LogP contribution is -2.45. The number of carbonyl (C=O) groups is 1. The van der Waals surface area contributed by atoms with Gasteiger partial charge in [0.2, 0.25) is 5.91 Å². The second-order valence-electron chi connectivity index (χ2n) is 7.38. The highest BCUT2D eigenvalue weighted by Gasteiger charge is 2.22. The van der Waals surface area contributed by atoms with Gasteiger partial charge in [0, 0.05) is 35.8 Å². The van der Waals surface area contributed by atoms with Crippen molar-refractivity contribution in [2.24, 2.45) is 4.99 Å². The van der Waals surface area contributed by atoms with Crippen molar-refractivity contribution < 1.29 is 9.18 Å². The molecule has 4 rings (SSSR count). The van der Waals surface area contributed by atoms with Crippen LogP contribution in [0, 0.1) is 12.7 Å². The highest BCUT2D eigenvalue weighted by atomic mass is 32.2. The van der Waals surface area contributed by atoms with Gasteiger partial charge in [-0.3, -0.25) is 19.9 Å². The van der Waals surface area contributed by atoms with Gasteiger partial charge in [-0.15, -0.1) is 11.8 Å². The molecule has 160 valence electrons. The quantitative estimate of drug-likeness (QED) is 0.502. The SMILES string of the molecule is Cc1cc(-c2cc(NC(=O)[C@H](Cc3ccc(F)cc3)NCC3CSC=N3)n[nH]2)ccn1. The zero-order chi connectivity index (χ0) is 21.6. The predicted octanol–water partition coefficient (Wildman–Crippen LogP) is 3.20. The van der Waals surface area contributed by atoms with Crippen molar-refractivity contribution in [1.29, 1.82) is 0 Å². The van der Waals surface area contributed by atoms with Gasteiger partial charge in [-0.2, -0.15) is 5.10 Å². The molecule has 31 heavy (non-hydrogen) atoms. The third kappa shape index (κ3) is 5.77. The summed E-state index contributed by atoms with van der Waals surface area (Å²) < 4.78 is 13.3. The molecule has 9 heteroatoms. The molecule has 2 atom stereocenters. The van der Waals surface area contributed by atoms with Gasteiger partial charge in [-0.05, 0) is 43.2 Å². The number of hydrogen-bond donors (Lipinski definition) is 3. The predicted molar refractivity (Wildman–Crippen MR) is 122 cm³/mol. The first kappa shape index (κ1) is 21.2. The van der Waals surface area contributed by atoms with E-state index in [4.69, 9.17) is 0 Å². The van der Waals surface area contributed by atoms with E-state index in [1.807, 2.05) is 24.6 Å². The monoisotopic (exact) mass is 438 g/mol. The van der Waals surface area contributed by atoms with Crippen LogP contribution in [0.3, 0.4) is 0 Å². The zero-order valence-corrected chi connectivity index (χ0v) is 17.8. The molecule has 3 aromatic rings. The Balaban J connectivity index is 1.45. The maximum atomic E-state index is 13.3. The van der Waals surface area contributed by atoms with E-state index in [1.54, 1.807) is 36.2 Å². The average molecular weight is 439 g/mol. The number of thioether (sulfide) groups is 1. The Morgan fingerprint density at radius 2 is 2.13 bits per heavy atom. The molecular formula is C22H23FN6OS. The first-order valence-corrected chi connectivity index (χ1v) is 11.0. The number of aliphatic imine (C=N–C) groups is 1. The molecule has 7 nitrogen and oxygen atoms in total. The highest BCUT2D eigenvalue weighted by molar-refractivity contribution is 8.12. The number of benzene rings is 1. The minimum absolute atomic E-state index is 0.139. The third-order valence-electron chi connectivity index (χ3n) is 4.94. The molecule has 1 aliphatic rings. The minimum atomic E-state index is -0.505. The Hall–Kier alpha value is -3.04. The molecule has 0 aliphatic carbocycles. The van der Waals surface area contributed by atoms with Crippen LogP contribution in [0.4, 0.5) is 10.2 Å². The normalized spacial score (nSPS) is 16.4. The molecule has 1 aromatic carbocycles. The number of hydrogen-bond acceptors (Lipinski definition) is 6. The van der Waals surface area contributed by atoms with Crippen molar-refractivity contribution in [1.82, 2.24) is 20.5 Å². The molecule has 3 heterocycles. The first-order chi connectivity index (χ1) is 15.1. The lowest BCUT2D eigenvalue weighted by atomic mass is 10.0. The number of amides is 1. The van der Waals surface area contributed by atoms with Gasteiger partial charge in [0.25, 0.3) is 0 Å². The topological polar surface area (TPSA) is 95.1 Å². The van der Waals surface area contributed by atoms with Crippen LogP contribution in [0.25, 0.3) is 11.3 Å². The Kier molecular flexibility index (Phi) is 6.73. The number of nitrogens with one attached hydrogen (secondary N) is 3. The summed E-state index contributed by atoms with van der Waals surface area (Å²) in [4.78, 5) is 21.6. The fraction of sp³-hybridized carbons (Fsp3) is 0.273. The summed E-state index contributed by atoms with van der Waals surface area (Å²) >= 11 is 1.66. The Morgan fingerprint density at radius 1 is 1.29 bits per heavy atom. The summed E-state index contributed by atoms with van der Waals surface area (Å²) in [7, 11) is 0. The highest BCUT2D eigenvalue weighted by Crippen LogP contribution is 2.20. The van der Waals surface area contributed by atoms with Gasteiger partial charge in [-0.1, -0.05) is 12.1 Å². The van der Waals surface area contributed by atoms with Crippen molar-refractivity contribution in [3.8, 4) is 11.3 Å². The number of pyridine rings is 1.